The molecule has 0 heterocycles. The fourth-order valence-corrected chi connectivity index (χ4v) is 4.77. The van der Waals surface area contributed by atoms with Gasteiger partial charge in [0.2, 0.25) is 10.0 Å². The monoisotopic (exact) mass is 468 g/mol. The molecule has 150 valence electrons. The van der Waals surface area contributed by atoms with Crippen LogP contribution in [0, 0.1) is 5.82 Å². The SMILES string of the molecule is NS(=O)(=O)c1ccc(Br)c(C(=O)NCC2(c3ccc(F)cc3)CCCCC2)c1. The zero-order valence-corrected chi connectivity index (χ0v) is 17.7. The minimum absolute atomic E-state index is 0.119. The number of primary sulfonamides is 1. The van der Waals surface area contributed by atoms with E-state index in [0.717, 1.165) is 37.7 Å². The second-order valence-electron chi connectivity index (χ2n) is 7.22. The Labute approximate surface area is 172 Å². The summed E-state index contributed by atoms with van der Waals surface area (Å²) < 4.78 is 37.0. The molecule has 0 aromatic heterocycles. The molecular weight excluding hydrogens is 447 g/mol. The molecule has 0 saturated heterocycles. The molecule has 0 unspecified atom stereocenters. The second-order valence-corrected chi connectivity index (χ2v) is 9.63. The average molecular weight is 469 g/mol. The Balaban J connectivity index is 1.84. The van der Waals surface area contributed by atoms with Crippen LogP contribution in [0.1, 0.15) is 48.0 Å². The molecule has 0 bridgehead atoms. The zero-order valence-electron chi connectivity index (χ0n) is 15.3. The summed E-state index contributed by atoms with van der Waals surface area (Å²) in [6.07, 6.45) is 5.02. The van der Waals surface area contributed by atoms with Crippen LogP contribution >= 0.6 is 15.9 Å². The van der Waals surface area contributed by atoms with Crippen molar-refractivity contribution in [2.45, 2.75) is 42.4 Å². The lowest BCUT2D eigenvalue weighted by Crippen LogP contribution is -2.42. The fourth-order valence-electron chi connectivity index (χ4n) is 3.80. The van der Waals surface area contributed by atoms with Gasteiger partial charge in [0, 0.05) is 16.4 Å². The van der Waals surface area contributed by atoms with Crippen molar-refractivity contribution in [3.63, 3.8) is 0 Å². The third kappa shape index (κ3) is 4.61. The van der Waals surface area contributed by atoms with E-state index in [1.165, 1.54) is 30.3 Å². The van der Waals surface area contributed by atoms with Gasteiger partial charge in [-0.05, 0) is 64.7 Å². The lowest BCUT2D eigenvalue weighted by atomic mass is 9.69. The number of carbonyl (C=O) groups excluding carboxylic acids is 1. The van der Waals surface area contributed by atoms with Gasteiger partial charge in [0.15, 0.2) is 0 Å². The molecule has 1 aliphatic rings. The van der Waals surface area contributed by atoms with Crippen molar-refractivity contribution in [2.75, 3.05) is 6.54 Å². The molecule has 8 heteroatoms. The fraction of sp³-hybridized carbons (Fsp3) is 0.350. The summed E-state index contributed by atoms with van der Waals surface area (Å²) in [5, 5.41) is 8.11. The van der Waals surface area contributed by atoms with Gasteiger partial charge in [0.1, 0.15) is 5.82 Å². The molecule has 28 heavy (non-hydrogen) atoms. The number of amides is 1. The van der Waals surface area contributed by atoms with Crippen LogP contribution in [-0.4, -0.2) is 20.9 Å². The molecule has 2 aromatic rings. The standard InChI is InChI=1S/C20H22BrFN2O3S/c21-18-9-8-16(28(23,26)27)12-17(18)19(25)24-13-20(10-2-1-3-11-20)14-4-6-15(22)7-5-14/h4-9,12H,1-3,10-11,13H2,(H,24,25)(H2,23,26,27). The summed E-state index contributed by atoms with van der Waals surface area (Å²) in [7, 11) is -3.91. The first-order valence-electron chi connectivity index (χ1n) is 9.08. The van der Waals surface area contributed by atoms with Crippen molar-refractivity contribution < 1.29 is 17.6 Å². The Bertz CT molecular complexity index is 971. The highest BCUT2D eigenvalue weighted by Crippen LogP contribution is 2.39. The van der Waals surface area contributed by atoms with E-state index in [2.05, 4.69) is 21.2 Å². The van der Waals surface area contributed by atoms with Crippen molar-refractivity contribution in [3.05, 3.63) is 63.9 Å². The lowest BCUT2D eigenvalue weighted by molar-refractivity contribution is 0.0935. The highest BCUT2D eigenvalue weighted by Gasteiger charge is 2.34. The van der Waals surface area contributed by atoms with E-state index in [9.17, 15) is 17.6 Å². The summed E-state index contributed by atoms with van der Waals surface area (Å²) >= 11 is 3.29. The highest BCUT2D eigenvalue weighted by atomic mass is 79.9. The summed E-state index contributed by atoms with van der Waals surface area (Å²) in [5.41, 5.74) is 0.953. The van der Waals surface area contributed by atoms with Crippen molar-refractivity contribution in [2.24, 2.45) is 5.14 Å². The van der Waals surface area contributed by atoms with E-state index in [1.807, 2.05) is 0 Å². The molecule has 1 saturated carbocycles. The van der Waals surface area contributed by atoms with E-state index >= 15 is 0 Å². The molecule has 3 N–H and O–H groups in total. The molecule has 0 spiro atoms. The minimum atomic E-state index is -3.91. The van der Waals surface area contributed by atoms with Crippen molar-refractivity contribution >= 4 is 31.9 Å². The second kappa shape index (κ2) is 8.31. The summed E-state index contributed by atoms with van der Waals surface area (Å²) in [4.78, 5) is 12.7. The summed E-state index contributed by atoms with van der Waals surface area (Å²) in [6.45, 7) is 0.392. The molecule has 3 rings (SSSR count). The van der Waals surface area contributed by atoms with Crippen molar-refractivity contribution in [3.8, 4) is 0 Å². The first-order chi connectivity index (χ1) is 13.2. The Morgan fingerprint density at radius 1 is 1.11 bits per heavy atom. The quantitative estimate of drug-likeness (QED) is 0.697. The molecule has 0 aliphatic heterocycles. The molecule has 1 amide bonds. The maximum atomic E-state index is 13.4. The smallest absolute Gasteiger partial charge is 0.252 e. The van der Waals surface area contributed by atoms with Crippen LogP contribution in [0.15, 0.2) is 51.8 Å². The Kier molecular flexibility index (Phi) is 6.21. The predicted molar refractivity (Wildman–Crippen MR) is 109 cm³/mol. The minimum Gasteiger partial charge on any atom is -0.351 e. The highest BCUT2D eigenvalue weighted by molar-refractivity contribution is 9.10. The van der Waals surface area contributed by atoms with E-state index in [1.54, 1.807) is 12.1 Å². The van der Waals surface area contributed by atoms with E-state index in [4.69, 9.17) is 5.14 Å². The normalized spacial score (nSPS) is 16.5. The third-order valence-corrected chi connectivity index (χ3v) is 6.97. The van der Waals surface area contributed by atoms with Crippen LogP contribution in [0.4, 0.5) is 4.39 Å². The molecule has 1 aliphatic carbocycles. The number of nitrogens with one attached hydrogen (secondary N) is 1. The van der Waals surface area contributed by atoms with Crippen LogP contribution < -0.4 is 10.5 Å². The Morgan fingerprint density at radius 3 is 2.36 bits per heavy atom. The van der Waals surface area contributed by atoms with Crippen molar-refractivity contribution in [1.29, 1.82) is 0 Å². The van der Waals surface area contributed by atoms with Gasteiger partial charge < -0.3 is 5.32 Å². The molecule has 5 nitrogen and oxygen atoms in total. The van der Waals surface area contributed by atoms with E-state index in [0.29, 0.717) is 11.0 Å². The Morgan fingerprint density at radius 2 is 1.75 bits per heavy atom. The van der Waals surface area contributed by atoms with Gasteiger partial charge in [-0.2, -0.15) is 0 Å². The number of nitrogens with two attached hydrogens (primary N) is 1. The average Bonchev–Trinajstić information content (AvgIpc) is 2.67. The largest absolute Gasteiger partial charge is 0.351 e. The predicted octanol–water partition coefficient (Wildman–Crippen LogP) is 3.87. The first-order valence-corrected chi connectivity index (χ1v) is 11.4. The Hall–Kier alpha value is -1.77. The van der Waals surface area contributed by atoms with Gasteiger partial charge in [0.05, 0.1) is 10.5 Å². The molecule has 2 aromatic carbocycles. The summed E-state index contributed by atoms with van der Waals surface area (Å²) in [5.74, 6) is -0.674. The number of carbonyl (C=O) groups is 1. The third-order valence-electron chi connectivity index (χ3n) is 5.37. The number of benzene rings is 2. The number of hydrogen-bond acceptors (Lipinski definition) is 3. The van der Waals surface area contributed by atoms with Crippen LogP contribution in [0.2, 0.25) is 0 Å². The zero-order chi connectivity index (χ0) is 20.4. The number of rotatable bonds is 5. The van der Waals surface area contributed by atoms with Crippen LogP contribution in [0.3, 0.4) is 0 Å². The first kappa shape index (κ1) is 21.0. The van der Waals surface area contributed by atoms with Crippen LogP contribution in [-0.2, 0) is 15.4 Å². The van der Waals surface area contributed by atoms with Gasteiger partial charge in [-0.25, -0.2) is 17.9 Å². The topological polar surface area (TPSA) is 89.3 Å². The van der Waals surface area contributed by atoms with Gasteiger partial charge in [-0.15, -0.1) is 0 Å². The lowest BCUT2D eigenvalue weighted by Gasteiger charge is -2.38. The van der Waals surface area contributed by atoms with Crippen molar-refractivity contribution in [1.82, 2.24) is 5.32 Å². The maximum absolute atomic E-state index is 13.4. The van der Waals surface area contributed by atoms with Gasteiger partial charge in [-0.3, -0.25) is 4.79 Å². The molecule has 0 radical (unpaired) electrons. The van der Waals surface area contributed by atoms with Crippen LogP contribution in [0.5, 0.6) is 0 Å². The number of halogens is 2. The van der Waals surface area contributed by atoms with Crippen LogP contribution in [0.25, 0.3) is 0 Å². The number of hydrogen-bond donors (Lipinski definition) is 2. The van der Waals surface area contributed by atoms with Gasteiger partial charge in [-0.1, -0.05) is 31.4 Å². The van der Waals surface area contributed by atoms with Gasteiger partial charge in [0.25, 0.3) is 5.91 Å². The maximum Gasteiger partial charge on any atom is 0.252 e. The summed E-state index contributed by atoms with van der Waals surface area (Å²) in [6, 6.07) is 10.6. The molecular formula is C20H22BrFN2O3S. The molecule has 1 fully saturated rings. The van der Waals surface area contributed by atoms with E-state index < -0.39 is 10.0 Å². The number of sulfonamides is 1. The van der Waals surface area contributed by atoms with E-state index in [-0.39, 0.29) is 27.6 Å². The molecule has 0 atom stereocenters. The van der Waals surface area contributed by atoms with Gasteiger partial charge >= 0.3 is 0 Å².